The third-order valence-corrected chi connectivity index (χ3v) is 7.02. The summed E-state index contributed by atoms with van der Waals surface area (Å²) in [6, 6.07) is 23.5. The lowest BCUT2D eigenvalue weighted by Crippen LogP contribution is -2.25. The van der Waals surface area contributed by atoms with Crippen LogP contribution in [0.2, 0.25) is 5.02 Å². The molecule has 1 amide bonds. The standard InChI is InChI=1S/C26H25ClN4OS/c1-4-23(25(32)28-20-14-10-17(2)11-15-20)33-26-30-29-24(19-13-12-18(3)22(27)16-19)31(26)21-8-6-5-7-9-21/h5-16,23H,4H2,1-3H3,(H,28,32). The van der Waals surface area contributed by atoms with Crippen molar-refractivity contribution in [2.24, 2.45) is 0 Å². The van der Waals surface area contributed by atoms with Gasteiger partial charge in [0.2, 0.25) is 5.91 Å². The predicted molar refractivity (Wildman–Crippen MR) is 136 cm³/mol. The quantitative estimate of drug-likeness (QED) is 0.301. The molecule has 33 heavy (non-hydrogen) atoms. The summed E-state index contributed by atoms with van der Waals surface area (Å²) in [4.78, 5) is 13.0. The number of hydrogen-bond acceptors (Lipinski definition) is 4. The van der Waals surface area contributed by atoms with Crippen molar-refractivity contribution in [3.8, 4) is 17.1 Å². The van der Waals surface area contributed by atoms with Gasteiger partial charge in [0, 0.05) is 22.0 Å². The summed E-state index contributed by atoms with van der Waals surface area (Å²) in [5, 5.41) is 13.0. The van der Waals surface area contributed by atoms with Crippen LogP contribution in [0.4, 0.5) is 5.69 Å². The molecule has 0 fully saturated rings. The van der Waals surface area contributed by atoms with Gasteiger partial charge in [0.15, 0.2) is 11.0 Å². The average molecular weight is 477 g/mol. The maximum Gasteiger partial charge on any atom is 0.237 e. The molecule has 1 N–H and O–H groups in total. The zero-order valence-corrected chi connectivity index (χ0v) is 20.3. The molecule has 4 aromatic rings. The topological polar surface area (TPSA) is 59.8 Å². The Morgan fingerprint density at radius 1 is 1.03 bits per heavy atom. The maximum atomic E-state index is 13.0. The fraction of sp³-hybridized carbons (Fsp3) is 0.192. The Balaban J connectivity index is 1.67. The van der Waals surface area contributed by atoms with Crippen LogP contribution >= 0.6 is 23.4 Å². The molecule has 0 saturated carbocycles. The Morgan fingerprint density at radius 3 is 2.42 bits per heavy atom. The van der Waals surface area contributed by atoms with E-state index in [0.717, 1.165) is 28.1 Å². The van der Waals surface area contributed by atoms with E-state index in [1.54, 1.807) is 0 Å². The Bertz CT molecular complexity index is 1260. The lowest BCUT2D eigenvalue weighted by Gasteiger charge is -2.16. The van der Waals surface area contributed by atoms with Crippen LogP contribution in [0.25, 0.3) is 17.1 Å². The highest BCUT2D eigenvalue weighted by molar-refractivity contribution is 8.00. The zero-order chi connectivity index (χ0) is 23.4. The number of anilines is 1. The number of carbonyl (C=O) groups is 1. The number of benzene rings is 3. The summed E-state index contributed by atoms with van der Waals surface area (Å²) in [6.07, 6.45) is 0.649. The van der Waals surface area contributed by atoms with Gasteiger partial charge in [-0.2, -0.15) is 0 Å². The minimum atomic E-state index is -0.326. The number of carbonyl (C=O) groups excluding carboxylic acids is 1. The molecule has 1 heterocycles. The molecule has 0 spiro atoms. The number of nitrogens with zero attached hydrogens (tertiary/aromatic N) is 3. The van der Waals surface area contributed by atoms with Gasteiger partial charge in [-0.05, 0) is 56.2 Å². The van der Waals surface area contributed by atoms with Gasteiger partial charge < -0.3 is 5.32 Å². The first-order valence-electron chi connectivity index (χ1n) is 10.8. The van der Waals surface area contributed by atoms with Crippen LogP contribution in [0.1, 0.15) is 24.5 Å². The minimum absolute atomic E-state index is 0.0612. The highest BCUT2D eigenvalue weighted by atomic mass is 35.5. The van der Waals surface area contributed by atoms with Gasteiger partial charge in [0.1, 0.15) is 0 Å². The van der Waals surface area contributed by atoms with Crippen LogP contribution in [0.5, 0.6) is 0 Å². The molecule has 1 aromatic heterocycles. The first-order valence-corrected chi connectivity index (χ1v) is 12.0. The van der Waals surface area contributed by atoms with E-state index in [-0.39, 0.29) is 11.2 Å². The van der Waals surface area contributed by atoms with Crippen LogP contribution < -0.4 is 5.32 Å². The highest BCUT2D eigenvalue weighted by Gasteiger charge is 2.24. The van der Waals surface area contributed by atoms with Gasteiger partial charge in [-0.25, -0.2) is 0 Å². The van der Waals surface area contributed by atoms with Crippen molar-refractivity contribution < 1.29 is 4.79 Å². The normalized spacial score (nSPS) is 11.9. The third-order valence-electron chi connectivity index (χ3n) is 5.31. The second-order valence-corrected chi connectivity index (χ2v) is 9.39. The molecular weight excluding hydrogens is 452 g/mol. The first-order chi connectivity index (χ1) is 16.0. The third kappa shape index (κ3) is 5.29. The number of para-hydroxylation sites is 1. The number of rotatable bonds is 7. The fourth-order valence-electron chi connectivity index (χ4n) is 3.38. The van der Waals surface area contributed by atoms with Gasteiger partial charge >= 0.3 is 0 Å². The maximum absolute atomic E-state index is 13.0. The molecule has 0 bridgehead atoms. The van der Waals surface area contributed by atoms with E-state index in [4.69, 9.17) is 11.6 Å². The van der Waals surface area contributed by atoms with Crippen LogP contribution in [-0.4, -0.2) is 25.9 Å². The largest absolute Gasteiger partial charge is 0.325 e. The molecule has 7 heteroatoms. The fourth-order valence-corrected chi connectivity index (χ4v) is 4.54. The summed E-state index contributed by atoms with van der Waals surface area (Å²) in [5.74, 6) is 0.619. The van der Waals surface area contributed by atoms with E-state index >= 15 is 0 Å². The Morgan fingerprint density at radius 2 is 1.76 bits per heavy atom. The van der Waals surface area contributed by atoms with Gasteiger partial charge in [0.05, 0.1) is 5.25 Å². The van der Waals surface area contributed by atoms with Crippen LogP contribution in [0.15, 0.2) is 78.0 Å². The van der Waals surface area contributed by atoms with E-state index in [9.17, 15) is 4.79 Å². The molecule has 1 unspecified atom stereocenters. The summed E-state index contributed by atoms with van der Waals surface area (Å²) in [7, 11) is 0. The van der Waals surface area contributed by atoms with E-state index in [1.165, 1.54) is 11.8 Å². The lowest BCUT2D eigenvalue weighted by molar-refractivity contribution is -0.115. The highest BCUT2D eigenvalue weighted by Crippen LogP contribution is 2.33. The van der Waals surface area contributed by atoms with E-state index in [1.807, 2.05) is 98.1 Å². The van der Waals surface area contributed by atoms with E-state index in [2.05, 4.69) is 15.5 Å². The molecule has 3 aromatic carbocycles. The predicted octanol–water partition coefficient (Wildman–Crippen LogP) is 6.71. The Hall–Kier alpha value is -3.09. The molecule has 4 rings (SSSR count). The van der Waals surface area contributed by atoms with Crippen molar-refractivity contribution in [2.75, 3.05) is 5.32 Å². The number of hydrogen-bond donors (Lipinski definition) is 1. The van der Waals surface area contributed by atoms with Crippen molar-refractivity contribution in [2.45, 2.75) is 37.6 Å². The molecule has 1 atom stereocenters. The zero-order valence-electron chi connectivity index (χ0n) is 18.7. The molecule has 0 aliphatic rings. The minimum Gasteiger partial charge on any atom is -0.325 e. The lowest BCUT2D eigenvalue weighted by atomic mass is 10.1. The van der Waals surface area contributed by atoms with Crippen molar-refractivity contribution in [3.05, 3.63) is 88.9 Å². The van der Waals surface area contributed by atoms with Crippen LogP contribution in [0.3, 0.4) is 0 Å². The SMILES string of the molecule is CCC(Sc1nnc(-c2ccc(C)c(Cl)c2)n1-c1ccccc1)C(=O)Nc1ccc(C)cc1. The summed E-state index contributed by atoms with van der Waals surface area (Å²) in [6.45, 7) is 5.98. The second-order valence-electron chi connectivity index (χ2n) is 7.81. The first kappa shape index (κ1) is 23.1. The van der Waals surface area contributed by atoms with Gasteiger partial charge in [0.25, 0.3) is 0 Å². The molecular formula is C26H25ClN4OS. The second kappa shape index (κ2) is 10.2. The number of halogens is 1. The van der Waals surface area contributed by atoms with Crippen LogP contribution in [0, 0.1) is 13.8 Å². The smallest absolute Gasteiger partial charge is 0.237 e. The molecule has 0 saturated heterocycles. The van der Waals surface area contributed by atoms with Gasteiger partial charge in [-0.3, -0.25) is 9.36 Å². The number of aryl methyl sites for hydroxylation is 2. The van der Waals surface area contributed by atoms with Gasteiger partial charge in [-0.1, -0.05) is 78.3 Å². The van der Waals surface area contributed by atoms with Crippen molar-refractivity contribution in [3.63, 3.8) is 0 Å². The summed E-state index contributed by atoms with van der Waals surface area (Å²) in [5.41, 5.74) is 4.72. The number of amides is 1. The molecule has 0 aliphatic carbocycles. The van der Waals surface area contributed by atoms with Crippen molar-refractivity contribution in [1.82, 2.24) is 14.8 Å². The molecule has 168 valence electrons. The Kier molecular flexibility index (Phi) is 7.16. The number of thioether (sulfide) groups is 1. The summed E-state index contributed by atoms with van der Waals surface area (Å²) >= 11 is 7.80. The Labute approximate surface area is 203 Å². The van der Waals surface area contributed by atoms with E-state index < -0.39 is 0 Å². The number of nitrogens with one attached hydrogen (secondary N) is 1. The van der Waals surface area contributed by atoms with E-state index in [0.29, 0.717) is 22.4 Å². The van der Waals surface area contributed by atoms with Crippen molar-refractivity contribution >= 4 is 35.0 Å². The monoisotopic (exact) mass is 476 g/mol. The van der Waals surface area contributed by atoms with Gasteiger partial charge in [-0.15, -0.1) is 10.2 Å². The number of aromatic nitrogens is 3. The average Bonchev–Trinajstić information content (AvgIpc) is 3.24. The molecule has 0 aliphatic heterocycles. The van der Waals surface area contributed by atoms with Crippen molar-refractivity contribution in [1.29, 1.82) is 0 Å². The van der Waals surface area contributed by atoms with Crippen LogP contribution in [-0.2, 0) is 4.79 Å². The molecule has 5 nitrogen and oxygen atoms in total. The summed E-state index contributed by atoms with van der Waals surface area (Å²) < 4.78 is 1.98. The molecule has 0 radical (unpaired) electrons.